The lowest BCUT2D eigenvalue weighted by molar-refractivity contribution is 1.33. The smallest absolute Gasteiger partial charge is 0.0506 e. The number of aromatic nitrogens is 2. The van der Waals surface area contributed by atoms with Gasteiger partial charge in [0.2, 0.25) is 0 Å². The summed E-state index contributed by atoms with van der Waals surface area (Å²) in [5, 5.41) is 2.45. The summed E-state index contributed by atoms with van der Waals surface area (Å²) in [7, 11) is 0. The van der Waals surface area contributed by atoms with Crippen LogP contribution in [0.4, 0.5) is 0 Å². The molecule has 4 rings (SSSR count). The highest BCUT2D eigenvalue weighted by atomic mass is 35.5. The Morgan fingerprint density at radius 2 is 1.65 bits per heavy atom. The molecule has 4 aromatic rings. The maximum Gasteiger partial charge on any atom is 0.0506 e. The Hall–Kier alpha value is -2.29. The number of halogens is 2. The van der Waals surface area contributed by atoms with Crippen molar-refractivity contribution in [3.05, 3.63) is 77.2 Å². The van der Waals surface area contributed by atoms with Crippen molar-refractivity contribution in [1.29, 1.82) is 0 Å². The van der Waals surface area contributed by atoms with Crippen LogP contribution in [-0.2, 0) is 0 Å². The van der Waals surface area contributed by atoms with Crippen LogP contribution in [0.25, 0.3) is 33.2 Å². The van der Waals surface area contributed by atoms with E-state index in [1.807, 2.05) is 61.1 Å². The first-order valence-corrected chi connectivity index (χ1v) is 7.95. The fraction of sp³-hybridized carbons (Fsp3) is 0. The average Bonchev–Trinajstić information content (AvgIpc) is 3.01. The summed E-state index contributed by atoms with van der Waals surface area (Å²) in [5.41, 5.74) is 5.13. The van der Waals surface area contributed by atoms with E-state index in [1.54, 1.807) is 0 Å². The highest BCUT2D eigenvalue weighted by Gasteiger charge is 2.10. The van der Waals surface area contributed by atoms with Crippen LogP contribution in [0.5, 0.6) is 0 Å². The Morgan fingerprint density at radius 1 is 0.826 bits per heavy atom. The summed E-state index contributed by atoms with van der Waals surface area (Å²) in [6.45, 7) is 0. The molecule has 23 heavy (non-hydrogen) atoms. The minimum Gasteiger partial charge on any atom is -0.360 e. The maximum absolute atomic E-state index is 6.37. The predicted molar refractivity (Wildman–Crippen MR) is 97.0 cm³/mol. The first-order chi connectivity index (χ1) is 11.2. The van der Waals surface area contributed by atoms with Gasteiger partial charge in [-0.25, -0.2) is 0 Å². The molecule has 0 saturated heterocycles. The van der Waals surface area contributed by atoms with Gasteiger partial charge in [-0.05, 0) is 35.9 Å². The summed E-state index contributed by atoms with van der Waals surface area (Å²) in [6, 6.07) is 15.7. The van der Waals surface area contributed by atoms with Crippen LogP contribution in [0.3, 0.4) is 0 Å². The second-order valence-corrected chi connectivity index (χ2v) is 6.18. The van der Waals surface area contributed by atoms with E-state index in [4.69, 9.17) is 23.2 Å². The molecule has 1 N–H and O–H groups in total. The lowest BCUT2D eigenvalue weighted by Crippen LogP contribution is -1.84. The summed E-state index contributed by atoms with van der Waals surface area (Å²) < 4.78 is 0. The average molecular weight is 339 g/mol. The van der Waals surface area contributed by atoms with Crippen molar-refractivity contribution in [2.24, 2.45) is 0 Å². The largest absolute Gasteiger partial charge is 0.360 e. The minimum absolute atomic E-state index is 0.711. The van der Waals surface area contributed by atoms with E-state index in [0.717, 1.165) is 38.2 Å². The van der Waals surface area contributed by atoms with Gasteiger partial charge in [0.25, 0.3) is 0 Å². The van der Waals surface area contributed by atoms with E-state index in [2.05, 4.69) is 16.0 Å². The van der Waals surface area contributed by atoms with Crippen LogP contribution in [0, 0.1) is 0 Å². The third-order valence-electron chi connectivity index (χ3n) is 3.86. The van der Waals surface area contributed by atoms with E-state index in [0.29, 0.717) is 5.02 Å². The van der Waals surface area contributed by atoms with Gasteiger partial charge >= 0.3 is 0 Å². The molecule has 4 heteroatoms. The standard InChI is InChI=1S/C19H12Cl2N2/c20-15-4-1-3-12(8-15)13-7-14(10-22-9-13)16-11-23-18-6-2-5-17(21)19(16)18/h1-11,23H. The topological polar surface area (TPSA) is 28.7 Å². The third kappa shape index (κ3) is 2.61. The number of hydrogen-bond acceptors (Lipinski definition) is 1. The minimum atomic E-state index is 0.711. The molecule has 112 valence electrons. The Balaban J connectivity index is 1.88. The zero-order valence-electron chi connectivity index (χ0n) is 12.1. The molecule has 2 nitrogen and oxygen atoms in total. The van der Waals surface area contributed by atoms with Gasteiger partial charge in [0, 0.05) is 51.2 Å². The molecule has 0 fully saturated rings. The molecule has 0 aliphatic heterocycles. The van der Waals surface area contributed by atoms with Gasteiger partial charge in [0.1, 0.15) is 0 Å². The number of H-pyrrole nitrogens is 1. The van der Waals surface area contributed by atoms with Crippen LogP contribution < -0.4 is 0 Å². The quantitative estimate of drug-likeness (QED) is 0.462. The van der Waals surface area contributed by atoms with Crippen LogP contribution in [-0.4, -0.2) is 9.97 Å². The number of nitrogens with one attached hydrogen (secondary N) is 1. The van der Waals surface area contributed by atoms with Gasteiger partial charge in [0.05, 0.1) is 5.02 Å². The molecule has 0 unspecified atom stereocenters. The molecule has 0 bridgehead atoms. The molecule has 0 atom stereocenters. The molecular weight excluding hydrogens is 327 g/mol. The molecule has 0 spiro atoms. The van der Waals surface area contributed by atoms with Crippen molar-refractivity contribution < 1.29 is 0 Å². The molecule has 2 aromatic carbocycles. The number of fused-ring (bicyclic) bond motifs is 1. The maximum atomic E-state index is 6.37. The SMILES string of the molecule is Clc1cccc(-c2cncc(-c3c[nH]c4cccc(Cl)c34)c2)c1. The van der Waals surface area contributed by atoms with Gasteiger partial charge in [0.15, 0.2) is 0 Å². The summed E-state index contributed by atoms with van der Waals surface area (Å²) in [6.07, 6.45) is 5.65. The van der Waals surface area contributed by atoms with Crippen LogP contribution in [0.2, 0.25) is 10.0 Å². The zero-order valence-corrected chi connectivity index (χ0v) is 13.6. The number of nitrogens with zero attached hydrogens (tertiary/aromatic N) is 1. The van der Waals surface area contributed by atoms with Gasteiger partial charge in [-0.1, -0.05) is 41.4 Å². The van der Waals surface area contributed by atoms with Gasteiger partial charge in [-0.2, -0.15) is 0 Å². The number of benzene rings is 2. The van der Waals surface area contributed by atoms with Crippen LogP contribution >= 0.6 is 23.2 Å². The Morgan fingerprint density at radius 3 is 2.52 bits per heavy atom. The van der Waals surface area contributed by atoms with Crippen molar-refractivity contribution >= 4 is 34.1 Å². The molecular formula is C19H12Cl2N2. The second-order valence-electron chi connectivity index (χ2n) is 5.34. The monoisotopic (exact) mass is 338 g/mol. The number of aromatic amines is 1. The number of rotatable bonds is 2. The van der Waals surface area contributed by atoms with Gasteiger partial charge in [-0.3, -0.25) is 4.98 Å². The molecule has 0 aliphatic carbocycles. The third-order valence-corrected chi connectivity index (χ3v) is 4.41. The molecule has 0 saturated carbocycles. The van der Waals surface area contributed by atoms with E-state index in [-0.39, 0.29) is 0 Å². The van der Waals surface area contributed by atoms with Crippen molar-refractivity contribution in [3.8, 4) is 22.3 Å². The fourth-order valence-electron chi connectivity index (χ4n) is 2.78. The Kier molecular flexibility index (Phi) is 3.56. The molecule has 0 amide bonds. The summed E-state index contributed by atoms with van der Waals surface area (Å²) >= 11 is 12.5. The first-order valence-electron chi connectivity index (χ1n) is 7.19. The predicted octanol–water partition coefficient (Wildman–Crippen LogP) is 6.20. The molecule has 2 aromatic heterocycles. The highest BCUT2D eigenvalue weighted by Crippen LogP contribution is 2.35. The lowest BCUT2D eigenvalue weighted by Gasteiger charge is -2.06. The molecule has 0 radical (unpaired) electrons. The summed E-state index contributed by atoms with van der Waals surface area (Å²) in [5.74, 6) is 0. The zero-order chi connectivity index (χ0) is 15.8. The molecule has 2 heterocycles. The van der Waals surface area contributed by atoms with E-state index in [1.165, 1.54) is 0 Å². The normalized spacial score (nSPS) is 11.0. The van der Waals surface area contributed by atoms with E-state index in [9.17, 15) is 0 Å². The Bertz CT molecular complexity index is 1010. The van der Waals surface area contributed by atoms with Crippen molar-refractivity contribution in [3.63, 3.8) is 0 Å². The van der Waals surface area contributed by atoms with Gasteiger partial charge in [-0.15, -0.1) is 0 Å². The first kappa shape index (κ1) is 14.3. The van der Waals surface area contributed by atoms with Crippen LogP contribution in [0.1, 0.15) is 0 Å². The lowest BCUT2D eigenvalue weighted by atomic mass is 10.0. The fourth-order valence-corrected chi connectivity index (χ4v) is 3.25. The number of pyridine rings is 1. The van der Waals surface area contributed by atoms with Crippen molar-refractivity contribution in [2.45, 2.75) is 0 Å². The Labute approximate surface area is 143 Å². The second kappa shape index (κ2) is 5.73. The number of hydrogen-bond donors (Lipinski definition) is 1. The van der Waals surface area contributed by atoms with Crippen LogP contribution in [0.15, 0.2) is 67.1 Å². The van der Waals surface area contributed by atoms with E-state index >= 15 is 0 Å². The van der Waals surface area contributed by atoms with E-state index < -0.39 is 0 Å². The van der Waals surface area contributed by atoms with Crippen molar-refractivity contribution in [1.82, 2.24) is 9.97 Å². The molecule has 0 aliphatic rings. The van der Waals surface area contributed by atoms with Gasteiger partial charge < -0.3 is 4.98 Å². The highest BCUT2D eigenvalue weighted by molar-refractivity contribution is 6.36. The van der Waals surface area contributed by atoms with Crippen molar-refractivity contribution in [2.75, 3.05) is 0 Å². The summed E-state index contributed by atoms with van der Waals surface area (Å²) in [4.78, 5) is 7.65.